The van der Waals surface area contributed by atoms with Crippen LogP contribution in [0, 0.1) is 0 Å². The van der Waals surface area contributed by atoms with Crippen molar-refractivity contribution in [2.24, 2.45) is 5.73 Å². The molecule has 0 fully saturated rings. The van der Waals surface area contributed by atoms with E-state index in [1.54, 1.807) is 0 Å². The molecule has 3 heteroatoms. The third-order valence-corrected chi connectivity index (χ3v) is 2.35. The van der Waals surface area contributed by atoms with Gasteiger partial charge in [0.25, 0.3) is 0 Å². The van der Waals surface area contributed by atoms with E-state index in [-0.39, 0.29) is 11.9 Å². The van der Waals surface area contributed by atoms with Crippen LogP contribution in [-0.4, -0.2) is 18.5 Å². The van der Waals surface area contributed by atoms with Crippen molar-refractivity contribution >= 4 is 5.91 Å². The Balaban J connectivity index is 3.56. The second-order valence-electron chi connectivity index (χ2n) is 3.77. The standard InChI is InChI=1S/C11H24N2O/c1-3-5-6-7-8-10(13-4-2)9-11(12)14/h10,13H,3-9H2,1-2H3,(H2,12,14)/t10-/m0/s1. The van der Waals surface area contributed by atoms with Crippen LogP contribution < -0.4 is 11.1 Å². The molecule has 3 nitrogen and oxygen atoms in total. The Morgan fingerprint density at radius 3 is 2.50 bits per heavy atom. The highest BCUT2D eigenvalue weighted by molar-refractivity contribution is 5.74. The summed E-state index contributed by atoms with van der Waals surface area (Å²) < 4.78 is 0. The number of amides is 1. The van der Waals surface area contributed by atoms with E-state index in [0.717, 1.165) is 13.0 Å². The summed E-state index contributed by atoms with van der Waals surface area (Å²) in [5.74, 6) is -0.202. The molecule has 0 spiro atoms. The molecule has 0 aromatic carbocycles. The summed E-state index contributed by atoms with van der Waals surface area (Å²) in [4.78, 5) is 10.8. The second-order valence-corrected chi connectivity index (χ2v) is 3.77. The van der Waals surface area contributed by atoms with Gasteiger partial charge in [-0.2, -0.15) is 0 Å². The Kier molecular flexibility index (Phi) is 8.64. The first-order valence-corrected chi connectivity index (χ1v) is 5.72. The van der Waals surface area contributed by atoms with Crippen molar-refractivity contribution in [1.29, 1.82) is 0 Å². The van der Waals surface area contributed by atoms with E-state index in [9.17, 15) is 4.79 Å². The molecular formula is C11H24N2O. The SMILES string of the molecule is CCCCCC[C@@H](CC(N)=O)NCC. The molecule has 0 aliphatic carbocycles. The van der Waals surface area contributed by atoms with E-state index >= 15 is 0 Å². The maximum absolute atomic E-state index is 10.8. The van der Waals surface area contributed by atoms with Crippen molar-refractivity contribution in [2.75, 3.05) is 6.54 Å². The molecule has 0 radical (unpaired) electrons. The molecule has 0 aromatic heterocycles. The Hall–Kier alpha value is -0.570. The summed E-state index contributed by atoms with van der Waals surface area (Å²) in [6.07, 6.45) is 6.53. The first-order valence-electron chi connectivity index (χ1n) is 5.72. The first-order chi connectivity index (χ1) is 6.70. The third kappa shape index (κ3) is 8.05. The maximum atomic E-state index is 10.8. The lowest BCUT2D eigenvalue weighted by Crippen LogP contribution is -2.33. The summed E-state index contributed by atoms with van der Waals surface area (Å²) >= 11 is 0. The Labute approximate surface area is 87.4 Å². The second kappa shape index (κ2) is 9.00. The first kappa shape index (κ1) is 13.4. The fourth-order valence-electron chi connectivity index (χ4n) is 1.63. The number of carbonyl (C=O) groups excluding carboxylic acids is 1. The minimum absolute atomic E-state index is 0.202. The Morgan fingerprint density at radius 2 is 2.00 bits per heavy atom. The molecule has 1 amide bonds. The largest absolute Gasteiger partial charge is 0.370 e. The van der Waals surface area contributed by atoms with Gasteiger partial charge in [0.2, 0.25) is 5.91 Å². The summed E-state index contributed by atoms with van der Waals surface area (Å²) in [6, 6.07) is 0.286. The van der Waals surface area contributed by atoms with E-state index in [0.29, 0.717) is 6.42 Å². The van der Waals surface area contributed by atoms with Crippen molar-refractivity contribution in [3.8, 4) is 0 Å². The normalized spacial score (nSPS) is 12.7. The molecule has 0 aliphatic heterocycles. The van der Waals surface area contributed by atoms with Crippen LogP contribution in [0.4, 0.5) is 0 Å². The number of hydrogen-bond donors (Lipinski definition) is 2. The number of unbranched alkanes of at least 4 members (excludes halogenated alkanes) is 3. The lowest BCUT2D eigenvalue weighted by Gasteiger charge is -2.15. The zero-order valence-corrected chi connectivity index (χ0v) is 9.51. The smallest absolute Gasteiger partial charge is 0.218 e. The van der Waals surface area contributed by atoms with Gasteiger partial charge in [-0.15, -0.1) is 0 Å². The van der Waals surface area contributed by atoms with Crippen LogP contribution in [0.3, 0.4) is 0 Å². The van der Waals surface area contributed by atoms with Crippen molar-refractivity contribution in [1.82, 2.24) is 5.32 Å². The van der Waals surface area contributed by atoms with Gasteiger partial charge in [-0.25, -0.2) is 0 Å². The summed E-state index contributed by atoms with van der Waals surface area (Å²) in [5.41, 5.74) is 5.18. The van der Waals surface area contributed by atoms with Crippen LogP contribution in [0.1, 0.15) is 52.4 Å². The van der Waals surface area contributed by atoms with Crippen LogP contribution >= 0.6 is 0 Å². The summed E-state index contributed by atoms with van der Waals surface area (Å²) in [6.45, 7) is 5.16. The molecule has 0 heterocycles. The van der Waals surface area contributed by atoms with Crippen molar-refractivity contribution < 1.29 is 4.79 Å². The summed E-state index contributed by atoms with van der Waals surface area (Å²) in [7, 11) is 0. The number of carbonyl (C=O) groups is 1. The highest BCUT2D eigenvalue weighted by Gasteiger charge is 2.09. The molecule has 0 saturated heterocycles. The monoisotopic (exact) mass is 200 g/mol. The van der Waals surface area contributed by atoms with Gasteiger partial charge in [-0.05, 0) is 13.0 Å². The number of hydrogen-bond acceptors (Lipinski definition) is 2. The van der Waals surface area contributed by atoms with Gasteiger partial charge in [0.1, 0.15) is 0 Å². The molecule has 3 N–H and O–H groups in total. The van der Waals surface area contributed by atoms with Crippen molar-refractivity contribution in [3.63, 3.8) is 0 Å². The average molecular weight is 200 g/mol. The zero-order valence-electron chi connectivity index (χ0n) is 9.51. The molecule has 0 saturated carbocycles. The number of nitrogens with one attached hydrogen (secondary N) is 1. The maximum Gasteiger partial charge on any atom is 0.218 e. The van der Waals surface area contributed by atoms with Crippen LogP contribution in [0.15, 0.2) is 0 Å². The fourth-order valence-corrected chi connectivity index (χ4v) is 1.63. The molecule has 0 bridgehead atoms. The van der Waals surface area contributed by atoms with E-state index in [2.05, 4.69) is 19.2 Å². The quantitative estimate of drug-likeness (QED) is 0.558. The lowest BCUT2D eigenvalue weighted by molar-refractivity contribution is -0.118. The van der Waals surface area contributed by atoms with Crippen LogP contribution in [-0.2, 0) is 4.79 Å². The number of primary amides is 1. The summed E-state index contributed by atoms with van der Waals surface area (Å²) in [5, 5.41) is 3.29. The van der Waals surface area contributed by atoms with Gasteiger partial charge < -0.3 is 11.1 Å². The topological polar surface area (TPSA) is 55.1 Å². The molecule has 0 rings (SSSR count). The van der Waals surface area contributed by atoms with Crippen molar-refractivity contribution in [2.45, 2.75) is 58.4 Å². The molecular weight excluding hydrogens is 176 g/mol. The van der Waals surface area contributed by atoms with Gasteiger partial charge >= 0.3 is 0 Å². The van der Waals surface area contributed by atoms with Gasteiger partial charge in [-0.3, -0.25) is 4.79 Å². The van der Waals surface area contributed by atoms with Crippen LogP contribution in [0.25, 0.3) is 0 Å². The highest BCUT2D eigenvalue weighted by Crippen LogP contribution is 2.07. The van der Waals surface area contributed by atoms with Gasteiger partial charge in [0.15, 0.2) is 0 Å². The zero-order chi connectivity index (χ0) is 10.8. The Bertz CT molecular complexity index is 148. The molecule has 0 unspecified atom stereocenters. The number of rotatable bonds is 9. The Morgan fingerprint density at radius 1 is 1.29 bits per heavy atom. The van der Waals surface area contributed by atoms with Crippen molar-refractivity contribution in [3.05, 3.63) is 0 Å². The average Bonchev–Trinajstić information content (AvgIpc) is 2.12. The fraction of sp³-hybridized carbons (Fsp3) is 0.909. The predicted molar refractivity (Wildman–Crippen MR) is 60.0 cm³/mol. The van der Waals surface area contributed by atoms with E-state index in [1.807, 2.05) is 0 Å². The third-order valence-electron chi connectivity index (χ3n) is 2.35. The highest BCUT2D eigenvalue weighted by atomic mass is 16.1. The molecule has 84 valence electrons. The van der Waals surface area contributed by atoms with Gasteiger partial charge in [-0.1, -0.05) is 39.5 Å². The van der Waals surface area contributed by atoms with Crippen LogP contribution in [0.5, 0.6) is 0 Å². The van der Waals surface area contributed by atoms with E-state index < -0.39 is 0 Å². The predicted octanol–water partition coefficient (Wildman–Crippen LogP) is 1.81. The molecule has 1 atom stereocenters. The molecule has 0 aromatic rings. The number of nitrogens with two attached hydrogens (primary N) is 1. The minimum Gasteiger partial charge on any atom is -0.370 e. The van der Waals surface area contributed by atoms with Crippen LogP contribution in [0.2, 0.25) is 0 Å². The molecule has 14 heavy (non-hydrogen) atoms. The minimum atomic E-state index is -0.202. The van der Waals surface area contributed by atoms with Gasteiger partial charge in [0.05, 0.1) is 0 Å². The van der Waals surface area contributed by atoms with E-state index in [1.165, 1.54) is 25.7 Å². The van der Waals surface area contributed by atoms with E-state index in [4.69, 9.17) is 5.73 Å². The lowest BCUT2D eigenvalue weighted by atomic mass is 10.0. The molecule has 0 aliphatic rings. The van der Waals surface area contributed by atoms with Gasteiger partial charge in [0, 0.05) is 12.5 Å².